The number of rotatable bonds is 5. The Balaban J connectivity index is 2.15. The van der Waals surface area contributed by atoms with Crippen LogP contribution in [-0.4, -0.2) is 17.8 Å². The van der Waals surface area contributed by atoms with Crippen molar-refractivity contribution < 1.29 is 5.11 Å². The van der Waals surface area contributed by atoms with Crippen molar-refractivity contribution in [2.45, 2.75) is 37.7 Å². The number of hydrogen-bond donors (Lipinski definition) is 2. The number of hydrogen-bond acceptors (Lipinski definition) is 2. The molecule has 1 aromatic carbocycles. The van der Waals surface area contributed by atoms with Gasteiger partial charge in [-0.05, 0) is 30.0 Å². The van der Waals surface area contributed by atoms with E-state index in [0.717, 1.165) is 12.0 Å². The van der Waals surface area contributed by atoms with Crippen molar-refractivity contribution in [3.05, 3.63) is 33.8 Å². The minimum Gasteiger partial charge on any atom is -0.392 e. The summed E-state index contributed by atoms with van der Waals surface area (Å²) in [7, 11) is 0. The zero-order valence-electron chi connectivity index (χ0n) is 10.3. The summed E-state index contributed by atoms with van der Waals surface area (Å²) in [6.45, 7) is 0.358. The maximum atomic E-state index is 10.3. The van der Waals surface area contributed by atoms with Gasteiger partial charge in [0.05, 0.1) is 6.10 Å². The van der Waals surface area contributed by atoms with Gasteiger partial charge in [-0.25, -0.2) is 0 Å². The number of benzene rings is 1. The standard InChI is InChI=1S/C14H19Cl2NO/c15-11-5-2-6-12(16)14(11)10(8-17)13(18)7-9-3-1-4-9/h2,5-6,9-10,13,18H,1,3-4,7-8,17H2. The van der Waals surface area contributed by atoms with E-state index in [1.807, 2.05) is 0 Å². The largest absolute Gasteiger partial charge is 0.392 e. The summed E-state index contributed by atoms with van der Waals surface area (Å²) in [6, 6.07) is 5.39. The van der Waals surface area contributed by atoms with E-state index in [1.165, 1.54) is 19.3 Å². The lowest BCUT2D eigenvalue weighted by Gasteiger charge is -2.31. The van der Waals surface area contributed by atoms with Crippen LogP contribution < -0.4 is 5.73 Å². The first-order valence-corrected chi connectivity index (χ1v) is 7.21. The van der Waals surface area contributed by atoms with Crippen molar-refractivity contribution in [1.29, 1.82) is 0 Å². The molecular weight excluding hydrogens is 269 g/mol. The zero-order chi connectivity index (χ0) is 13.1. The van der Waals surface area contributed by atoms with Gasteiger partial charge in [0.25, 0.3) is 0 Å². The molecule has 1 fully saturated rings. The minimum absolute atomic E-state index is 0.174. The van der Waals surface area contributed by atoms with Gasteiger partial charge in [0, 0.05) is 22.5 Å². The highest BCUT2D eigenvalue weighted by Gasteiger charge is 2.28. The maximum Gasteiger partial charge on any atom is 0.0624 e. The minimum atomic E-state index is -0.460. The molecule has 0 aliphatic heterocycles. The number of aliphatic hydroxyl groups excluding tert-OH is 1. The van der Waals surface area contributed by atoms with E-state index in [4.69, 9.17) is 28.9 Å². The van der Waals surface area contributed by atoms with E-state index >= 15 is 0 Å². The Morgan fingerprint density at radius 2 is 1.89 bits per heavy atom. The first kappa shape index (κ1) is 14.1. The van der Waals surface area contributed by atoms with Crippen molar-refractivity contribution in [2.24, 2.45) is 11.7 Å². The first-order chi connectivity index (χ1) is 8.63. The molecule has 3 N–H and O–H groups in total. The van der Waals surface area contributed by atoms with Crippen LogP contribution in [0.4, 0.5) is 0 Å². The number of halogens is 2. The molecule has 2 nitrogen and oxygen atoms in total. The number of nitrogens with two attached hydrogens (primary N) is 1. The smallest absolute Gasteiger partial charge is 0.0624 e. The molecule has 0 amide bonds. The Bertz CT molecular complexity index is 387. The Hall–Kier alpha value is -0.280. The van der Waals surface area contributed by atoms with Crippen LogP contribution in [0.3, 0.4) is 0 Å². The van der Waals surface area contributed by atoms with Crippen LogP contribution in [0.1, 0.15) is 37.2 Å². The Morgan fingerprint density at radius 1 is 1.28 bits per heavy atom. The molecule has 1 aromatic rings. The van der Waals surface area contributed by atoms with Gasteiger partial charge in [0.15, 0.2) is 0 Å². The fraction of sp³-hybridized carbons (Fsp3) is 0.571. The third-order valence-electron chi connectivity index (χ3n) is 3.89. The molecule has 0 aromatic heterocycles. The highest BCUT2D eigenvalue weighted by molar-refractivity contribution is 6.36. The molecular formula is C14H19Cl2NO. The van der Waals surface area contributed by atoms with Crippen molar-refractivity contribution in [3.8, 4) is 0 Å². The molecule has 1 saturated carbocycles. The van der Waals surface area contributed by atoms with Crippen LogP contribution in [-0.2, 0) is 0 Å². The zero-order valence-corrected chi connectivity index (χ0v) is 11.8. The highest BCUT2D eigenvalue weighted by Crippen LogP contribution is 2.37. The number of aliphatic hydroxyl groups is 1. The molecule has 0 spiro atoms. The highest BCUT2D eigenvalue weighted by atomic mass is 35.5. The van der Waals surface area contributed by atoms with Crippen LogP contribution in [0, 0.1) is 5.92 Å². The lowest BCUT2D eigenvalue weighted by molar-refractivity contribution is 0.0952. The van der Waals surface area contributed by atoms with Gasteiger partial charge in [-0.3, -0.25) is 0 Å². The van der Waals surface area contributed by atoms with Crippen molar-refractivity contribution in [2.75, 3.05) is 6.54 Å². The monoisotopic (exact) mass is 287 g/mol. The molecule has 2 unspecified atom stereocenters. The van der Waals surface area contributed by atoms with Gasteiger partial charge in [-0.1, -0.05) is 48.5 Å². The van der Waals surface area contributed by atoms with Crippen LogP contribution >= 0.6 is 23.2 Å². The Labute approximate surface area is 118 Å². The third kappa shape index (κ3) is 3.00. The summed E-state index contributed by atoms with van der Waals surface area (Å²) in [4.78, 5) is 0. The summed E-state index contributed by atoms with van der Waals surface area (Å²) in [6.07, 6.45) is 4.04. The summed E-state index contributed by atoms with van der Waals surface area (Å²) in [5.41, 5.74) is 6.59. The summed E-state index contributed by atoms with van der Waals surface area (Å²) in [5, 5.41) is 11.5. The summed E-state index contributed by atoms with van der Waals surface area (Å²) in [5.74, 6) is 0.460. The lowest BCUT2D eigenvalue weighted by Crippen LogP contribution is -2.30. The average Bonchev–Trinajstić information content (AvgIpc) is 2.28. The molecule has 2 rings (SSSR count). The van der Waals surface area contributed by atoms with Gasteiger partial charge in [-0.15, -0.1) is 0 Å². The second kappa shape index (κ2) is 6.25. The Morgan fingerprint density at radius 3 is 2.33 bits per heavy atom. The molecule has 18 heavy (non-hydrogen) atoms. The normalized spacial score (nSPS) is 19.3. The summed E-state index contributed by atoms with van der Waals surface area (Å²) >= 11 is 12.4. The molecule has 2 atom stereocenters. The van der Waals surface area contributed by atoms with Gasteiger partial charge in [-0.2, -0.15) is 0 Å². The second-order valence-electron chi connectivity index (χ2n) is 5.08. The van der Waals surface area contributed by atoms with Gasteiger partial charge < -0.3 is 10.8 Å². The molecule has 0 bridgehead atoms. The molecule has 1 aliphatic carbocycles. The van der Waals surface area contributed by atoms with E-state index in [0.29, 0.717) is 22.5 Å². The van der Waals surface area contributed by atoms with E-state index in [-0.39, 0.29) is 5.92 Å². The fourth-order valence-corrected chi connectivity index (χ4v) is 3.24. The molecule has 1 aliphatic rings. The first-order valence-electron chi connectivity index (χ1n) is 6.45. The third-order valence-corrected chi connectivity index (χ3v) is 4.55. The van der Waals surface area contributed by atoms with Crippen LogP contribution in [0.25, 0.3) is 0 Å². The maximum absolute atomic E-state index is 10.3. The van der Waals surface area contributed by atoms with E-state index < -0.39 is 6.10 Å². The van der Waals surface area contributed by atoms with Crippen LogP contribution in [0.5, 0.6) is 0 Å². The summed E-state index contributed by atoms with van der Waals surface area (Å²) < 4.78 is 0. The molecule has 0 saturated heterocycles. The van der Waals surface area contributed by atoms with Crippen LogP contribution in [0.15, 0.2) is 18.2 Å². The Kier molecular flexibility index (Phi) is 4.91. The van der Waals surface area contributed by atoms with Crippen molar-refractivity contribution >= 4 is 23.2 Å². The fourth-order valence-electron chi connectivity index (χ4n) is 2.57. The quantitative estimate of drug-likeness (QED) is 0.869. The van der Waals surface area contributed by atoms with Gasteiger partial charge in [0.2, 0.25) is 0 Å². The van der Waals surface area contributed by atoms with E-state index in [1.54, 1.807) is 18.2 Å². The topological polar surface area (TPSA) is 46.2 Å². The molecule has 100 valence electrons. The SMILES string of the molecule is NCC(c1c(Cl)cccc1Cl)C(O)CC1CCC1. The van der Waals surface area contributed by atoms with Crippen molar-refractivity contribution in [1.82, 2.24) is 0 Å². The van der Waals surface area contributed by atoms with Gasteiger partial charge >= 0.3 is 0 Å². The predicted octanol–water partition coefficient (Wildman–Crippen LogP) is 3.59. The van der Waals surface area contributed by atoms with Crippen molar-refractivity contribution in [3.63, 3.8) is 0 Å². The van der Waals surface area contributed by atoms with Crippen LogP contribution in [0.2, 0.25) is 10.0 Å². The molecule has 0 radical (unpaired) electrons. The molecule has 0 heterocycles. The predicted molar refractivity (Wildman–Crippen MR) is 76.2 cm³/mol. The van der Waals surface area contributed by atoms with E-state index in [2.05, 4.69) is 0 Å². The lowest BCUT2D eigenvalue weighted by atomic mass is 9.78. The molecule has 4 heteroatoms. The van der Waals surface area contributed by atoms with Gasteiger partial charge in [0.1, 0.15) is 0 Å². The average molecular weight is 288 g/mol. The van der Waals surface area contributed by atoms with E-state index in [9.17, 15) is 5.11 Å². The second-order valence-corrected chi connectivity index (χ2v) is 5.89.